The van der Waals surface area contributed by atoms with Gasteiger partial charge < -0.3 is 10.8 Å². The number of hydrogen-bond acceptors (Lipinski definition) is 5. The first kappa shape index (κ1) is 19.4. The van der Waals surface area contributed by atoms with Crippen LogP contribution in [0.3, 0.4) is 0 Å². The number of amides is 2. The first-order chi connectivity index (χ1) is 13.4. The number of phenolic OH excluding ortho intramolecular Hbond substituents is 1. The fourth-order valence-electron chi connectivity index (χ4n) is 3.09. The zero-order chi connectivity index (χ0) is 20.3. The summed E-state index contributed by atoms with van der Waals surface area (Å²) in [6.07, 6.45) is 0.0881. The van der Waals surface area contributed by atoms with E-state index in [2.05, 4.69) is 4.99 Å². The van der Waals surface area contributed by atoms with Crippen LogP contribution in [0.2, 0.25) is 5.02 Å². The second kappa shape index (κ2) is 8.11. The highest BCUT2D eigenvalue weighted by atomic mass is 35.5. The third-order valence-corrected chi connectivity index (χ3v) is 4.59. The van der Waals surface area contributed by atoms with Gasteiger partial charge >= 0.3 is 0 Å². The monoisotopic (exact) mass is 396 g/mol. The summed E-state index contributed by atoms with van der Waals surface area (Å²) in [4.78, 5) is 30.2. The summed E-state index contributed by atoms with van der Waals surface area (Å²) in [5, 5.41) is 19.5. The Morgan fingerprint density at radius 1 is 1.32 bits per heavy atom. The van der Waals surface area contributed by atoms with Crippen LogP contribution in [-0.2, 0) is 9.59 Å². The molecule has 1 aliphatic heterocycles. The van der Waals surface area contributed by atoms with Gasteiger partial charge in [-0.1, -0.05) is 23.7 Å². The number of phenols is 1. The molecular weight excluding hydrogens is 380 g/mol. The number of primary amides is 1. The molecule has 3 rings (SSSR count). The van der Waals surface area contributed by atoms with Crippen molar-refractivity contribution in [3.63, 3.8) is 0 Å². The molecule has 1 atom stereocenters. The van der Waals surface area contributed by atoms with Crippen molar-refractivity contribution < 1.29 is 14.7 Å². The third kappa shape index (κ3) is 3.97. The third-order valence-electron chi connectivity index (χ3n) is 4.35. The van der Waals surface area contributed by atoms with Crippen molar-refractivity contribution in [1.29, 1.82) is 5.26 Å². The average molecular weight is 397 g/mol. The smallest absolute Gasteiger partial charge is 0.252 e. The van der Waals surface area contributed by atoms with Crippen LogP contribution in [-0.4, -0.2) is 35.2 Å². The van der Waals surface area contributed by atoms with Gasteiger partial charge in [0.05, 0.1) is 17.5 Å². The number of rotatable bonds is 5. The highest BCUT2D eigenvalue weighted by Crippen LogP contribution is 2.32. The van der Waals surface area contributed by atoms with Crippen molar-refractivity contribution in [2.75, 3.05) is 11.4 Å². The maximum Gasteiger partial charge on any atom is 0.252 e. The number of aromatic hydroxyl groups is 1. The number of carbonyl (C=O) groups excluding carboxylic acids is 2. The van der Waals surface area contributed by atoms with E-state index in [9.17, 15) is 20.0 Å². The molecule has 0 saturated heterocycles. The second-order valence-corrected chi connectivity index (χ2v) is 6.73. The Morgan fingerprint density at radius 2 is 2.11 bits per heavy atom. The van der Waals surface area contributed by atoms with Crippen molar-refractivity contribution in [3.8, 4) is 11.8 Å². The molecule has 2 aromatic carbocycles. The SMILES string of the molecule is N#CCN1C(=O)C(CCC(N)=O)N=C(c2cccc(O)c2)c2ccc(Cl)cc21. The molecule has 8 heteroatoms. The summed E-state index contributed by atoms with van der Waals surface area (Å²) in [6.45, 7) is -0.192. The van der Waals surface area contributed by atoms with E-state index in [-0.39, 0.29) is 25.1 Å². The van der Waals surface area contributed by atoms with Gasteiger partial charge in [0.15, 0.2) is 0 Å². The highest BCUT2D eigenvalue weighted by molar-refractivity contribution is 6.31. The molecule has 0 spiro atoms. The van der Waals surface area contributed by atoms with Crippen LogP contribution in [0.4, 0.5) is 5.69 Å². The molecule has 2 aromatic rings. The fraction of sp³-hybridized carbons (Fsp3) is 0.200. The van der Waals surface area contributed by atoms with Crippen molar-refractivity contribution in [3.05, 3.63) is 58.6 Å². The predicted molar refractivity (Wildman–Crippen MR) is 105 cm³/mol. The molecule has 0 radical (unpaired) electrons. The van der Waals surface area contributed by atoms with Crippen LogP contribution in [0, 0.1) is 11.3 Å². The van der Waals surface area contributed by atoms with Gasteiger partial charge in [0.2, 0.25) is 5.91 Å². The minimum absolute atomic E-state index is 0.0231. The number of benzene rings is 2. The van der Waals surface area contributed by atoms with E-state index in [4.69, 9.17) is 17.3 Å². The van der Waals surface area contributed by atoms with E-state index in [0.29, 0.717) is 27.5 Å². The first-order valence-corrected chi connectivity index (χ1v) is 8.92. The molecule has 1 heterocycles. The summed E-state index contributed by atoms with van der Waals surface area (Å²) < 4.78 is 0. The molecule has 1 unspecified atom stereocenters. The van der Waals surface area contributed by atoms with Crippen LogP contribution in [0.1, 0.15) is 24.0 Å². The number of anilines is 1. The number of nitrogens with zero attached hydrogens (tertiary/aromatic N) is 3. The Morgan fingerprint density at radius 3 is 2.79 bits per heavy atom. The quantitative estimate of drug-likeness (QED) is 0.754. The lowest BCUT2D eigenvalue weighted by Gasteiger charge is -2.22. The van der Waals surface area contributed by atoms with Crippen molar-refractivity contribution >= 4 is 34.8 Å². The summed E-state index contributed by atoms with van der Waals surface area (Å²) >= 11 is 6.14. The molecule has 1 aliphatic rings. The molecule has 28 heavy (non-hydrogen) atoms. The lowest BCUT2D eigenvalue weighted by molar-refractivity contribution is -0.120. The van der Waals surface area contributed by atoms with Gasteiger partial charge in [0, 0.05) is 22.6 Å². The molecule has 0 saturated carbocycles. The maximum absolute atomic E-state index is 13.1. The number of carbonyl (C=O) groups is 2. The molecule has 0 aromatic heterocycles. The number of hydrogen-bond donors (Lipinski definition) is 2. The molecule has 0 aliphatic carbocycles. The Bertz CT molecular complexity index is 1010. The predicted octanol–water partition coefficient (Wildman–Crippen LogP) is 2.39. The van der Waals surface area contributed by atoms with Crippen molar-refractivity contribution in [2.24, 2.45) is 10.7 Å². The largest absolute Gasteiger partial charge is 0.508 e. The Balaban J connectivity index is 2.21. The minimum atomic E-state index is -0.899. The van der Waals surface area contributed by atoms with Gasteiger partial charge in [-0.25, -0.2) is 0 Å². The molecule has 0 fully saturated rings. The van der Waals surface area contributed by atoms with Gasteiger partial charge in [-0.2, -0.15) is 5.26 Å². The molecule has 7 nitrogen and oxygen atoms in total. The lowest BCUT2D eigenvalue weighted by atomic mass is 10.00. The van der Waals surface area contributed by atoms with E-state index in [0.717, 1.165) is 0 Å². The van der Waals surface area contributed by atoms with Crippen LogP contribution >= 0.6 is 11.6 Å². The summed E-state index contributed by atoms with van der Waals surface area (Å²) in [7, 11) is 0. The van der Waals surface area contributed by atoms with Crippen LogP contribution in [0.5, 0.6) is 5.75 Å². The zero-order valence-electron chi connectivity index (χ0n) is 14.8. The zero-order valence-corrected chi connectivity index (χ0v) is 15.6. The minimum Gasteiger partial charge on any atom is -0.508 e. The van der Waals surface area contributed by atoms with Crippen molar-refractivity contribution in [2.45, 2.75) is 18.9 Å². The maximum atomic E-state index is 13.1. The average Bonchev–Trinajstić information content (AvgIpc) is 2.76. The van der Waals surface area contributed by atoms with Gasteiger partial charge in [-0.05, 0) is 36.8 Å². The Kier molecular flexibility index (Phi) is 5.62. The summed E-state index contributed by atoms with van der Waals surface area (Å²) in [5.41, 5.74) is 7.35. The lowest BCUT2D eigenvalue weighted by Crippen LogP contribution is -2.38. The Hall–Kier alpha value is -3.37. The number of nitrogens with two attached hydrogens (primary N) is 1. The van der Waals surface area contributed by atoms with Gasteiger partial charge in [-0.3, -0.25) is 19.5 Å². The van der Waals surface area contributed by atoms with E-state index in [1.54, 1.807) is 30.3 Å². The summed E-state index contributed by atoms with van der Waals surface area (Å²) in [6, 6.07) is 12.6. The first-order valence-electron chi connectivity index (χ1n) is 8.54. The standard InChI is InChI=1S/C20H17ClN4O3/c21-13-4-5-15-17(11-13)25(9-8-22)20(28)16(6-7-18(23)27)24-19(15)12-2-1-3-14(26)10-12/h1-5,10-11,16,26H,6-7,9H2,(H2,23,27). The number of benzodiazepines with no additional fused rings is 1. The Labute approximate surface area is 166 Å². The van der Waals surface area contributed by atoms with Crippen LogP contribution < -0.4 is 10.6 Å². The number of fused-ring (bicyclic) bond motifs is 1. The van der Waals surface area contributed by atoms with Crippen LogP contribution in [0.25, 0.3) is 0 Å². The number of aliphatic imine (C=N–C) groups is 1. The van der Waals surface area contributed by atoms with Crippen LogP contribution in [0.15, 0.2) is 47.5 Å². The van der Waals surface area contributed by atoms with E-state index < -0.39 is 17.9 Å². The molecule has 3 N–H and O–H groups in total. The van der Waals surface area contributed by atoms with Crippen molar-refractivity contribution in [1.82, 2.24) is 0 Å². The van der Waals surface area contributed by atoms with E-state index in [1.807, 2.05) is 6.07 Å². The fourth-order valence-corrected chi connectivity index (χ4v) is 3.26. The molecule has 0 bridgehead atoms. The molecular formula is C20H17ClN4O3. The molecule has 142 valence electrons. The normalized spacial score (nSPS) is 16.0. The van der Waals surface area contributed by atoms with Gasteiger partial charge in [-0.15, -0.1) is 0 Å². The second-order valence-electron chi connectivity index (χ2n) is 6.29. The highest BCUT2D eigenvalue weighted by Gasteiger charge is 2.32. The van der Waals surface area contributed by atoms with Gasteiger partial charge in [0.25, 0.3) is 5.91 Å². The van der Waals surface area contributed by atoms with E-state index in [1.165, 1.54) is 17.0 Å². The van der Waals surface area contributed by atoms with E-state index >= 15 is 0 Å². The summed E-state index contributed by atoms with van der Waals surface area (Å²) in [5.74, 6) is -0.908. The topological polar surface area (TPSA) is 120 Å². The number of halogens is 1. The molecule has 2 amide bonds. The van der Waals surface area contributed by atoms with Gasteiger partial charge in [0.1, 0.15) is 18.3 Å². The number of nitriles is 1.